The van der Waals surface area contributed by atoms with Crippen molar-refractivity contribution in [2.75, 3.05) is 250 Å². The number of aliphatic carboxylic acids is 1. The lowest BCUT2D eigenvalue weighted by atomic mass is 9.81. The molecular weight excluding hydrogens is 1750 g/mol. The van der Waals surface area contributed by atoms with Crippen molar-refractivity contribution in [2.24, 2.45) is 5.41 Å². The second kappa shape index (κ2) is 91.0. The van der Waals surface area contributed by atoms with Crippen LogP contribution in [0.4, 0.5) is 5.69 Å². The van der Waals surface area contributed by atoms with Crippen LogP contribution in [0.3, 0.4) is 0 Å². The van der Waals surface area contributed by atoms with Crippen LogP contribution in [0.25, 0.3) is 0 Å². The van der Waals surface area contributed by atoms with Gasteiger partial charge < -0.3 is 112 Å². The van der Waals surface area contributed by atoms with Crippen LogP contribution in [0, 0.1) is 5.41 Å². The molecule has 6 N–H and O–H groups in total. The third-order valence-corrected chi connectivity index (χ3v) is 23.9. The first-order chi connectivity index (χ1) is 65.3. The van der Waals surface area contributed by atoms with E-state index in [0.717, 1.165) is 58.4 Å². The number of benzene rings is 2. The van der Waals surface area contributed by atoms with Gasteiger partial charge in [-0.3, -0.25) is 24.0 Å². The highest BCUT2D eigenvalue weighted by Crippen LogP contribution is 2.41. The van der Waals surface area contributed by atoms with Gasteiger partial charge in [0.2, 0.25) is 23.6 Å². The van der Waals surface area contributed by atoms with Crippen LogP contribution in [0.2, 0.25) is 10.0 Å². The Balaban J connectivity index is 0.999. The standard InChI is InChI=1S/C102H180Cl2N6O23/c1-4-6-8-10-12-14-16-18-20-22-24-26-28-30-32-36-56-132-88-91(133-57-37-33-31-29-27-25-23-21-19-17-15-13-11-9-7-5-2)87-110(3)55-39-52-105-95(111)46-47-96(112)107-54-59-119-61-63-121-65-67-123-69-71-125-73-75-127-77-79-129-81-83-131-85-84-130-82-80-128-78-76-126-74-72-124-70-68-122-66-64-120-62-60-118-58-48-97(113)106-53-51-102(49-34-35-50-102)101(117)109-94(100(115)116)86-89-42-44-90(45-43-89)108-99(114)98-92(103)40-38-41-93(98)104/h38,40-45,91,94H,4-37,39,46-88H2,1-3H3,(H,105,111)(H,106,113)(H,107,112)(H,108,114)(H,109,117)(H,115,116)/t91?,94-/m0/s1. The van der Waals surface area contributed by atoms with Crippen LogP contribution in [-0.2, 0) is 106 Å². The summed E-state index contributed by atoms with van der Waals surface area (Å²) in [5.74, 6) is -2.51. The summed E-state index contributed by atoms with van der Waals surface area (Å²) >= 11 is 12.4. The molecule has 1 aliphatic carbocycles. The monoisotopic (exact) mass is 1930 g/mol. The number of nitrogens with zero attached hydrogens (tertiary/aromatic N) is 1. The number of unbranched alkanes of at least 4 members (excludes halogenated alkanes) is 30. The quantitative estimate of drug-likeness (QED) is 0.0335. The van der Waals surface area contributed by atoms with E-state index >= 15 is 0 Å². The fourth-order valence-corrected chi connectivity index (χ4v) is 15.9. The molecule has 1 aliphatic rings. The Morgan fingerprint density at radius 1 is 0.376 bits per heavy atom. The van der Waals surface area contributed by atoms with E-state index in [1.807, 2.05) is 0 Å². The SMILES string of the molecule is CCCCCCCCCCCCCCCCCCOCC(CN(C)CCCNC(=O)CCC(=O)NCCOCCOCCOCCOCCOCCOCCOCCOCCOCCOCCOCCOCCOCCOCCC(=O)NCCC1(C(=O)N[C@@H](Cc2ccc(NC(=O)c3c(Cl)cccc3Cl)cc2)C(=O)O)CCCC1)OCCCCCCCCCCCCCCCCCC. The summed E-state index contributed by atoms with van der Waals surface area (Å²) in [5.41, 5.74) is 0.454. The fourth-order valence-electron chi connectivity index (χ4n) is 15.4. The summed E-state index contributed by atoms with van der Waals surface area (Å²) in [6, 6.07) is 10.2. The van der Waals surface area contributed by atoms with Gasteiger partial charge in [-0.25, -0.2) is 4.79 Å². The van der Waals surface area contributed by atoms with Crippen LogP contribution in [-0.4, -0.2) is 302 Å². The Bertz CT molecular complexity index is 3030. The molecule has 133 heavy (non-hydrogen) atoms. The van der Waals surface area contributed by atoms with Gasteiger partial charge in [0.15, 0.2) is 0 Å². The van der Waals surface area contributed by atoms with E-state index in [4.69, 9.17) is 99.0 Å². The summed E-state index contributed by atoms with van der Waals surface area (Å²) in [6.07, 6.45) is 47.9. The number of hydrogen-bond acceptors (Lipinski definition) is 23. The summed E-state index contributed by atoms with van der Waals surface area (Å²) < 4.78 is 90.7. The number of carbonyl (C=O) groups excluding carboxylic acids is 5. The van der Waals surface area contributed by atoms with Crippen LogP contribution < -0.4 is 26.6 Å². The Morgan fingerprint density at radius 3 is 1.08 bits per heavy atom. The first kappa shape index (κ1) is 122. The number of hydrogen-bond donors (Lipinski definition) is 6. The predicted octanol–water partition coefficient (Wildman–Crippen LogP) is 17.3. The second-order valence-electron chi connectivity index (χ2n) is 34.7. The van der Waals surface area contributed by atoms with E-state index in [9.17, 15) is 33.9 Å². The van der Waals surface area contributed by atoms with E-state index in [0.29, 0.717) is 229 Å². The number of carboxylic acid groups (broad SMARTS) is 1. The summed E-state index contributed by atoms with van der Waals surface area (Å²) in [7, 11) is 2.12. The zero-order chi connectivity index (χ0) is 95.5. The maximum absolute atomic E-state index is 13.7. The molecule has 0 spiro atoms. The fraction of sp³-hybridized carbons (Fsp3) is 0.824. The number of ether oxygens (including phenoxy) is 16. The van der Waals surface area contributed by atoms with Gasteiger partial charge in [-0.15, -0.1) is 0 Å². The zero-order valence-corrected chi connectivity index (χ0v) is 84.0. The molecular formula is C102H180Cl2N6O23. The molecule has 0 aliphatic heterocycles. The normalized spacial score (nSPS) is 13.0. The number of likely N-dealkylation sites (N-methyl/N-ethyl adjacent to an activating group) is 1. The molecule has 2 aromatic carbocycles. The van der Waals surface area contributed by atoms with Crippen LogP contribution in [0.15, 0.2) is 42.5 Å². The van der Waals surface area contributed by atoms with E-state index in [1.54, 1.807) is 42.5 Å². The second-order valence-corrected chi connectivity index (χ2v) is 35.5. The molecule has 0 heterocycles. The van der Waals surface area contributed by atoms with Crippen molar-refractivity contribution in [1.29, 1.82) is 0 Å². The van der Waals surface area contributed by atoms with Gasteiger partial charge >= 0.3 is 5.97 Å². The lowest BCUT2D eigenvalue weighted by Crippen LogP contribution is -2.49. The van der Waals surface area contributed by atoms with Gasteiger partial charge in [-0.05, 0) is 81.9 Å². The van der Waals surface area contributed by atoms with E-state index in [2.05, 4.69) is 52.4 Å². The highest BCUT2D eigenvalue weighted by Gasteiger charge is 2.42. The van der Waals surface area contributed by atoms with Crippen LogP contribution >= 0.6 is 23.2 Å². The number of carboxylic acids is 1. The Kier molecular flexibility index (Phi) is 83.7. The molecule has 2 aromatic rings. The van der Waals surface area contributed by atoms with Gasteiger partial charge in [-0.2, -0.15) is 0 Å². The lowest BCUT2D eigenvalue weighted by molar-refractivity contribution is -0.144. The number of amides is 5. The van der Waals surface area contributed by atoms with Crippen molar-refractivity contribution in [3.8, 4) is 0 Å². The molecule has 1 saturated carbocycles. The van der Waals surface area contributed by atoms with Gasteiger partial charge in [0, 0.05) is 70.8 Å². The summed E-state index contributed by atoms with van der Waals surface area (Å²) in [4.78, 5) is 78.8. The predicted molar refractivity (Wildman–Crippen MR) is 526 cm³/mol. The molecule has 29 nitrogen and oxygen atoms in total. The Hall–Kier alpha value is -4.84. The molecule has 31 heteroatoms. The molecule has 0 aromatic heterocycles. The van der Waals surface area contributed by atoms with Crippen LogP contribution in [0.5, 0.6) is 0 Å². The molecule has 0 saturated heterocycles. The highest BCUT2D eigenvalue weighted by atomic mass is 35.5. The van der Waals surface area contributed by atoms with Crippen molar-refractivity contribution >= 4 is 64.4 Å². The van der Waals surface area contributed by atoms with E-state index in [1.165, 1.54) is 193 Å². The summed E-state index contributed by atoms with van der Waals surface area (Å²) in [6.45, 7) is 21.2. The van der Waals surface area contributed by atoms with Gasteiger partial charge in [0.05, 0.1) is 219 Å². The zero-order valence-electron chi connectivity index (χ0n) is 82.5. The Morgan fingerprint density at radius 2 is 0.707 bits per heavy atom. The minimum atomic E-state index is -1.19. The molecule has 2 atom stereocenters. The maximum Gasteiger partial charge on any atom is 0.326 e. The first-order valence-corrected chi connectivity index (χ1v) is 52.2. The minimum absolute atomic E-state index is 0.0197. The number of halogens is 2. The van der Waals surface area contributed by atoms with Gasteiger partial charge in [-0.1, -0.05) is 261 Å². The molecule has 5 amide bonds. The lowest BCUT2D eigenvalue weighted by Gasteiger charge is -2.29. The molecule has 770 valence electrons. The van der Waals surface area contributed by atoms with Crippen LogP contribution in [0.1, 0.15) is 293 Å². The third-order valence-electron chi connectivity index (χ3n) is 23.2. The molecule has 1 fully saturated rings. The third kappa shape index (κ3) is 73.9. The van der Waals surface area contributed by atoms with Crippen molar-refractivity contribution in [1.82, 2.24) is 26.2 Å². The van der Waals surface area contributed by atoms with Crippen molar-refractivity contribution < 1.29 is 110 Å². The Labute approximate surface area is 810 Å². The maximum atomic E-state index is 13.7. The molecule has 0 radical (unpaired) electrons. The number of carbonyl (C=O) groups is 6. The smallest absolute Gasteiger partial charge is 0.326 e. The minimum Gasteiger partial charge on any atom is -0.480 e. The number of anilines is 1. The van der Waals surface area contributed by atoms with E-state index < -0.39 is 23.3 Å². The number of nitrogens with one attached hydrogen (secondary N) is 5. The topological polar surface area (TPSA) is 334 Å². The van der Waals surface area contributed by atoms with Crippen molar-refractivity contribution in [3.05, 3.63) is 63.6 Å². The largest absolute Gasteiger partial charge is 0.480 e. The highest BCUT2D eigenvalue weighted by molar-refractivity contribution is 6.40. The van der Waals surface area contributed by atoms with Gasteiger partial charge in [0.1, 0.15) is 6.04 Å². The van der Waals surface area contributed by atoms with Gasteiger partial charge in [0.25, 0.3) is 5.91 Å². The average molecular weight is 1930 g/mol. The number of rotatable bonds is 101. The molecule has 3 rings (SSSR count). The molecule has 1 unspecified atom stereocenters. The average Bonchev–Trinajstić information content (AvgIpc) is 1.69. The van der Waals surface area contributed by atoms with E-state index in [-0.39, 0.29) is 84.2 Å². The van der Waals surface area contributed by atoms with Crippen molar-refractivity contribution in [2.45, 2.75) is 296 Å². The molecule has 0 bridgehead atoms. The van der Waals surface area contributed by atoms with Crippen molar-refractivity contribution in [3.63, 3.8) is 0 Å². The first-order valence-electron chi connectivity index (χ1n) is 51.4. The summed E-state index contributed by atoms with van der Waals surface area (Å²) in [5, 5.41) is 24.7.